The summed E-state index contributed by atoms with van der Waals surface area (Å²) in [6.45, 7) is 0. The van der Waals surface area contributed by atoms with Gasteiger partial charge in [-0.15, -0.1) is 0 Å². The van der Waals surface area contributed by atoms with Gasteiger partial charge in [0, 0.05) is 26.6 Å². The third kappa shape index (κ3) is 3.13. The molecule has 1 amide bonds. The van der Waals surface area contributed by atoms with Gasteiger partial charge in [-0.05, 0) is 18.9 Å². The van der Waals surface area contributed by atoms with E-state index in [0.29, 0.717) is 0 Å². The molecule has 1 saturated carbocycles. The van der Waals surface area contributed by atoms with E-state index < -0.39 is 6.10 Å². The monoisotopic (exact) mass is 279 g/mol. The highest BCUT2D eigenvalue weighted by Gasteiger charge is 2.35. The van der Waals surface area contributed by atoms with Crippen molar-refractivity contribution >= 4 is 5.91 Å². The van der Waals surface area contributed by atoms with Gasteiger partial charge in [-0.3, -0.25) is 4.79 Å². The topological polar surface area (TPSA) is 75.5 Å². The lowest BCUT2D eigenvalue weighted by Gasteiger charge is -2.33. The van der Waals surface area contributed by atoms with Crippen LogP contribution in [0.15, 0.2) is 18.5 Å². The van der Waals surface area contributed by atoms with Crippen LogP contribution in [0.1, 0.15) is 36.3 Å². The molecule has 0 spiro atoms. The Kier molecular flexibility index (Phi) is 5.03. The third-order valence-electron chi connectivity index (χ3n) is 3.89. The van der Waals surface area contributed by atoms with Crippen LogP contribution < -0.4 is 0 Å². The van der Waals surface area contributed by atoms with Crippen molar-refractivity contribution in [3.8, 4) is 0 Å². The summed E-state index contributed by atoms with van der Waals surface area (Å²) in [6, 6.07) is 1.40. The number of nitrogens with zero attached hydrogens (tertiary/aromatic N) is 3. The molecule has 0 bridgehead atoms. The van der Waals surface area contributed by atoms with Gasteiger partial charge in [0.25, 0.3) is 5.91 Å². The van der Waals surface area contributed by atoms with E-state index in [-0.39, 0.29) is 23.9 Å². The molecule has 1 fully saturated rings. The quantitative estimate of drug-likeness (QED) is 0.831. The van der Waals surface area contributed by atoms with Crippen molar-refractivity contribution < 1.29 is 14.6 Å². The van der Waals surface area contributed by atoms with Gasteiger partial charge in [-0.1, -0.05) is 12.8 Å². The van der Waals surface area contributed by atoms with Crippen molar-refractivity contribution in [3.63, 3.8) is 0 Å². The molecule has 0 radical (unpaired) electrons. The fraction of sp³-hybridized carbons (Fsp3) is 0.643. The number of amides is 1. The fourth-order valence-electron chi connectivity index (χ4n) is 2.69. The zero-order valence-electron chi connectivity index (χ0n) is 11.9. The smallest absolute Gasteiger partial charge is 0.291 e. The number of likely N-dealkylation sites (N-methyl/N-ethyl adjacent to an activating group) is 1. The molecule has 1 aromatic heterocycles. The minimum absolute atomic E-state index is 0.153. The lowest BCUT2D eigenvalue weighted by Crippen LogP contribution is -2.49. The molecule has 110 valence electrons. The maximum absolute atomic E-state index is 12.3. The Morgan fingerprint density at radius 3 is 2.65 bits per heavy atom. The van der Waals surface area contributed by atoms with Gasteiger partial charge < -0.3 is 14.7 Å². The third-order valence-corrected chi connectivity index (χ3v) is 3.89. The van der Waals surface area contributed by atoms with Crippen LogP contribution in [0.3, 0.4) is 0 Å². The molecule has 1 N–H and O–H groups in total. The minimum Gasteiger partial charge on any atom is -0.388 e. The Labute approximate surface area is 118 Å². The molecule has 6 nitrogen and oxygen atoms in total. The zero-order valence-corrected chi connectivity index (χ0v) is 11.9. The summed E-state index contributed by atoms with van der Waals surface area (Å²) < 4.78 is 5.33. The zero-order chi connectivity index (χ0) is 14.5. The normalized spacial score (nSPS) is 26.9. The van der Waals surface area contributed by atoms with Gasteiger partial charge in [0.15, 0.2) is 0 Å². The SMILES string of the molecule is CO[C@@H]1CCCC[C@@H](N(C)C(=O)c2ncccn2)[C@H]1O. The summed E-state index contributed by atoms with van der Waals surface area (Å²) in [5.74, 6) is -0.119. The second kappa shape index (κ2) is 6.76. The molecular weight excluding hydrogens is 258 g/mol. The van der Waals surface area contributed by atoms with E-state index in [1.54, 1.807) is 20.2 Å². The number of carbonyl (C=O) groups is 1. The van der Waals surface area contributed by atoms with Crippen molar-refractivity contribution in [3.05, 3.63) is 24.3 Å². The Morgan fingerprint density at radius 2 is 2.00 bits per heavy atom. The van der Waals surface area contributed by atoms with Crippen molar-refractivity contribution in [2.45, 2.75) is 43.9 Å². The molecule has 1 heterocycles. The molecule has 1 aromatic rings. The highest BCUT2D eigenvalue weighted by atomic mass is 16.5. The van der Waals surface area contributed by atoms with Crippen molar-refractivity contribution in [2.75, 3.05) is 14.2 Å². The first-order valence-corrected chi connectivity index (χ1v) is 6.90. The second-order valence-corrected chi connectivity index (χ2v) is 5.11. The molecule has 0 saturated heterocycles. The Balaban J connectivity index is 2.14. The molecule has 20 heavy (non-hydrogen) atoms. The van der Waals surface area contributed by atoms with Crippen LogP contribution in [-0.4, -0.2) is 58.3 Å². The molecule has 3 atom stereocenters. The molecule has 6 heteroatoms. The number of aliphatic hydroxyl groups is 1. The van der Waals surface area contributed by atoms with Gasteiger partial charge in [0.2, 0.25) is 5.82 Å². The number of hydrogen-bond donors (Lipinski definition) is 1. The van der Waals surface area contributed by atoms with Crippen molar-refractivity contribution in [1.29, 1.82) is 0 Å². The first-order chi connectivity index (χ1) is 9.65. The molecular formula is C14H21N3O3. The maximum atomic E-state index is 12.3. The average molecular weight is 279 g/mol. The number of hydrogen-bond acceptors (Lipinski definition) is 5. The van der Waals surface area contributed by atoms with Crippen LogP contribution in [0.2, 0.25) is 0 Å². The Bertz CT molecular complexity index is 441. The van der Waals surface area contributed by atoms with Crippen LogP contribution in [0.5, 0.6) is 0 Å². The van der Waals surface area contributed by atoms with Crippen LogP contribution >= 0.6 is 0 Å². The molecule has 0 unspecified atom stereocenters. The van der Waals surface area contributed by atoms with Gasteiger partial charge >= 0.3 is 0 Å². The van der Waals surface area contributed by atoms with Crippen LogP contribution in [0.25, 0.3) is 0 Å². The summed E-state index contributed by atoms with van der Waals surface area (Å²) in [6.07, 6.45) is 5.71. The lowest BCUT2D eigenvalue weighted by atomic mass is 10.0. The van der Waals surface area contributed by atoms with Crippen molar-refractivity contribution in [2.24, 2.45) is 0 Å². The summed E-state index contributed by atoms with van der Waals surface area (Å²) in [5, 5.41) is 10.4. The lowest BCUT2D eigenvalue weighted by molar-refractivity contribution is -0.0464. The first kappa shape index (κ1) is 14.9. The standard InChI is InChI=1S/C14H21N3O3/c1-17(14(19)13-15-8-5-9-16-13)10-6-3-4-7-11(20-2)12(10)18/h5,8-12,18H,3-4,6-7H2,1-2H3/t10-,11-,12-/m1/s1. The van der Waals surface area contributed by atoms with Gasteiger partial charge in [0.05, 0.1) is 12.1 Å². The van der Waals surface area contributed by atoms with Crippen LogP contribution in [-0.2, 0) is 4.74 Å². The van der Waals surface area contributed by atoms with E-state index in [2.05, 4.69) is 9.97 Å². The number of aliphatic hydroxyl groups excluding tert-OH is 1. The highest BCUT2D eigenvalue weighted by Crippen LogP contribution is 2.24. The number of rotatable bonds is 3. The van der Waals surface area contributed by atoms with E-state index in [9.17, 15) is 9.90 Å². The summed E-state index contributed by atoms with van der Waals surface area (Å²) in [4.78, 5) is 21.8. The predicted octanol–water partition coefficient (Wildman–Crippen LogP) is 0.867. The summed E-state index contributed by atoms with van der Waals surface area (Å²) in [5.41, 5.74) is 0. The number of methoxy groups -OCH3 is 1. The van der Waals surface area contributed by atoms with E-state index in [4.69, 9.17) is 4.74 Å². The maximum Gasteiger partial charge on any atom is 0.291 e. The van der Waals surface area contributed by atoms with Gasteiger partial charge in [-0.2, -0.15) is 0 Å². The number of carbonyl (C=O) groups excluding carboxylic acids is 1. The van der Waals surface area contributed by atoms with Gasteiger partial charge in [0.1, 0.15) is 6.10 Å². The second-order valence-electron chi connectivity index (χ2n) is 5.11. The number of ether oxygens (including phenoxy) is 1. The van der Waals surface area contributed by atoms with E-state index in [0.717, 1.165) is 25.7 Å². The molecule has 0 aromatic carbocycles. The van der Waals surface area contributed by atoms with Crippen LogP contribution in [0.4, 0.5) is 0 Å². The molecule has 2 rings (SSSR count). The van der Waals surface area contributed by atoms with Crippen molar-refractivity contribution in [1.82, 2.24) is 14.9 Å². The summed E-state index contributed by atoms with van der Waals surface area (Å²) in [7, 11) is 3.28. The highest BCUT2D eigenvalue weighted by molar-refractivity contribution is 5.90. The molecule has 1 aliphatic rings. The average Bonchev–Trinajstić information content (AvgIpc) is 2.68. The van der Waals surface area contributed by atoms with E-state index >= 15 is 0 Å². The molecule has 1 aliphatic carbocycles. The Morgan fingerprint density at radius 1 is 1.35 bits per heavy atom. The van der Waals surface area contributed by atoms with E-state index in [1.165, 1.54) is 17.3 Å². The van der Waals surface area contributed by atoms with Gasteiger partial charge in [-0.25, -0.2) is 9.97 Å². The predicted molar refractivity (Wildman–Crippen MR) is 73.2 cm³/mol. The first-order valence-electron chi connectivity index (χ1n) is 6.90. The summed E-state index contributed by atoms with van der Waals surface area (Å²) >= 11 is 0. The fourth-order valence-corrected chi connectivity index (χ4v) is 2.69. The Hall–Kier alpha value is -1.53. The van der Waals surface area contributed by atoms with Crippen LogP contribution in [0, 0.1) is 0 Å². The number of aromatic nitrogens is 2. The molecule has 0 aliphatic heterocycles. The van der Waals surface area contributed by atoms with E-state index in [1.807, 2.05) is 0 Å². The largest absolute Gasteiger partial charge is 0.388 e. The minimum atomic E-state index is -0.680.